The van der Waals surface area contributed by atoms with Crippen LogP contribution in [0.25, 0.3) is 0 Å². The van der Waals surface area contributed by atoms with E-state index in [0.717, 1.165) is 12.1 Å². The molecule has 0 amide bonds. The van der Waals surface area contributed by atoms with Crippen LogP contribution in [0, 0.1) is 5.41 Å². The first-order valence-electron chi connectivity index (χ1n) is 4.88. The average molecular weight is 200 g/mol. The summed E-state index contributed by atoms with van der Waals surface area (Å²) >= 11 is 0. The zero-order chi connectivity index (χ0) is 12.6. The summed E-state index contributed by atoms with van der Waals surface area (Å²) in [5.74, 6) is 0. The Morgan fingerprint density at radius 1 is 1.14 bits per heavy atom. The number of allylic oxidation sites excluding steroid dienone is 2. The molecule has 0 aromatic rings. The largest absolute Gasteiger partial charge is 0.333 e. The monoisotopic (exact) mass is 200 g/mol. The van der Waals surface area contributed by atoms with Crippen molar-refractivity contribution in [2.75, 3.05) is 7.05 Å². The number of hydrogen-bond acceptors (Lipinski definition) is 2. The van der Waals surface area contributed by atoms with Gasteiger partial charge in [-0.1, -0.05) is 25.5 Å². The van der Waals surface area contributed by atoms with Gasteiger partial charge >= 0.3 is 0 Å². The van der Waals surface area contributed by atoms with Crippen LogP contribution in [0.4, 0.5) is 0 Å². The third kappa shape index (κ3) is 67.2. The number of rotatable bonds is 2. The van der Waals surface area contributed by atoms with E-state index in [1.807, 2.05) is 34.6 Å². The van der Waals surface area contributed by atoms with Crippen molar-refractivity contribution in [3.63, 3.8) is 0 Å². The molecule has 0 aliphatic rings. The highest BCUT2D eigenvalue weighted by molar-refractivity contribution is 5.79. The first-order valence-corrected chi connectivity index (χ1v) is 4.88. The van der Waals surface area contributed by atoms with Gasteiger partial charge in [-0.3, -0.25) is 0 Å². The Labute approximate surface area is 90.4 Å². The molecule has 0 saturated heterocycles. The van der Waals surface area contributed by atoms with Gasteiger partial charge < -0.3 is 11.1 Å². The Morgan fingerprint density at radius 3 is 1.50 bits per heavy atom. The van der Waals surface area contributed by atoms with Crippen LogP contribution in [0.1, 0.15) is 41.0 Å². The van der Waals surface area contributed by atoms with Gasteiger partial charge in [-0.25, -0.2) is 0 Å². The van der Waals surface area contributed by atoms with E-state index in [2.05, 4.69) is 25.0 Å². The van der Waals surface area contributed by atoms with Crippen molar-refractivity contribution in [1.82, 2.24) is 0 Å². The summed E-state index contributed by atoms with van der Waals surface area (Å²) in [6, 6.07) is 0. The molecule has 0 bridgehead atoms. The SMILES string of the molecule is C=C.CC.CC(=N)CC=C(C)C.CN. The predicted molar refractivity (Wildman–Crippen MR) is 70.2 cm³/mol. The fraction of sp³-hybridized carbons (Fsp3) is 0.583. The topological polar surface area (TPSA) is 49.9 Å². The van der Waals surface area contributed by atoms with E-state index in [9.17, 15) is 0 Å². The van der Waals surface area contributed by atoms with Gasteiger partial charge in [0.1, 0.15) is 0 Å². The fourth-order valence-electron chi connectivity index (χ4n) is 0.357. The van der Waals surface area contributed by atoms with Crippen molar-refractivity contribution in [3.05, 3.63) is 24.8 Å². The van der Waals surface area contributed by atoms with Crippen LogP contribution in [0.5, 0.6) is 0 Å². The molecule has 0 rings (SSSR count). The molecule has 0 saturated carbocycles. The highest BCUT2D eigenvalue weighted by atomic mass is 14.4. The van der Waals surface area contributed by atoms with E-state index in [-0.39, 0.29) is 0 Å². The first-order chi connectivity index (χ1) is 6.63. The van der Waals surface area contributed by atoms with Gasteiger partial charge in [0.2, 0.25) is 0 Å². The number of nitrogens with one attached hydrogen (secondary N) is 1. The van der Waals surface area contributed by atoms with Gasteiger partial charge in [0.15, 0.2) is 0 Å². The molecule has 0 radical (unpaired) electrons. The minimum absolute atomic E-state index is 0.728. The standard InChI is InChI=1S/C7H13N.C2H6.C2H4.CH5N/c1-6(2)4-5-7(3)8;3*1-2/h4,8H,5H2,1-3H3;1-2H3;1-2H2;2H2,1H3. The van der Waals surface area contributed by atoms with E-state index < -0.39 is 0 Å². The lowest BCUT2D eigenvalue weighted by Gasteiger charge is -1.88. The predicted octanol–water partition coefficient (Wildman–Crippen LogP) is 3.79. The molecular weight excluding hydrogens is 172 g/mol. The average Bonchev–Trinajstić information content (AvgIpc) is 2.24. The quantitative estimate of drug-likeness (QED) is 0.517. The van der Waals surface area contributed by atoms with E-state index in [4.69, 9.17) is 5.41 Å². The zero-order valence-corrected chi connectivity index (χ0v) is 10.8. The molecule has 0 aromatic heterocycles. The summed E-state index contributed by atoms with van der Waals surface area (Å²) in [6.07, 6.45) is 2.87. The summed E-state index contributed by atoms with van der Waals surface area (Å²) in [5, 5.41) is 7.04. The third-order valence-electron chi connectivity index (χ3n) is 0.816. The van der Waals surface area contributed by atoms with Crippen molar-refractivity contribution < 1.29 is 0 Å². The van der Waals surface area contributed by atoms with E-state index in [1.165, 1.54) is 12.6 Å². The normalized spacial score (nSPS) is 5.93. The molecule has 0 spiro atoms. The maximum Gasteiger partial charge on any atom is 0.00959 e. The van der Waals surface area contributed by atoms with Gasteiger partial charge in [-0.2, -0.15) is 0 Å². The van der Waals surface area contributed by atoms with Gasteiger partial charge in [-0.05, 0) is 27.8 Å². The molecule has 2 nitrogen and oxygen atoms in total. The molecule has 3 N–H and O–H groups in total. The van der Waals surface area contributed by atoms with Gasteiger partial charge in [-0.15, -0.1) is 13.2 Å². The Hall–Kier alpha value is -0.890. The molecule has 86 valence electrons. The lowest BCUT2D eigenvalue weighted by Crippen LogP contribution is -1.82. The van der Waals surface area contributed by atoms with Crippen molar-refractivity contribution in [2.45, 2.75) is 41.0 Å². The molecule has 0 aromatic carbocycles. The second-order valence-corrected chi connectivity index (χ2v) is 2.27. The van der Waals surface area contributed by atoms with Gasteiger partial charge in [0.05, 0.1) is 0 Å². The van der Waals surface area contributed by atoms with E-state index in [0.29, 0.717) is 0 Å². The molecule has 0 unspecified atom stereocenters. The van der Waals surface area contributed by atoms with Gasteiger partial charge in [0.25, 0.3) is 0 Å². The Bertz CT molecular complexity index is 122. The van der Waals surface area contributed by atoms with Crippen LogP contribution in [-0.4, -0.2) is 12.8 Å². The Kier molecular flexibility index (Phi) is 48.9. The van der Waals surface area contributed by atoms with Crippen LogP contribution in [0.15, 0.2) is 24.8 Å². The minimum atomic E-state index is 0.728. The maximum atomic E-state index is 7.04. The number of nitrogens with two attached hydrogens (primary N) is 1. The van der Waals surface area contributed by atoms with Crippen molar-refractivity contribution >= 4 is 5.71 Å². The smallest absolute Gasteiger partial charge is 0.00959 e. The van der Waals surface area contributed by atoms with Crippen LogP contribution < -0.4 is 5.73 Å². The highest BCUT2D eigenvalue weighted by Gasteiger charge is 1.80. The van der Waals surface area contributed by atoms with Crippen molar-refractivity contribution in [1.29, 1.82) is 5.41 Å². The molecule has 0 aliphatic carbocycles. The lowest BCUT2D eigenvalue weighted by molar-refractivity contribution is 1.27. The van der Waals surface area contributed by atoms with Crippen LogP contribution in [0.2, 0.25) is 0 Å². The lowest BCUT2D eigenvalue weighted by atomic mass is 10.2. The highest BCUT2D eigenvalue weighted by Crippen LogP contribution is 1.92. The molecule has 0 atom stereocenters. The first kappa shape index (κ1) is 23.2. The molecular formula is C12H28N2. The van der Waals surface area contributed by atoms with Gasteiger partial charge in [0, 0.05) is 12.1 Å². The van der Waals surface area contributed by atoms with Crippen LogP contribution >= 0.6 is 0 Å². The summed E-state index contributed by atoms with van der Waals surface area (Å²) in [7, 11) is 1.50. The molecule has 0 fully saturated rings. The van der Waals surface area contributed by atoms with Crippen LogP contribution in [-0.2, 0) is 0 Å². The zero-order valence-electron chi connectivity index (χ0n) is 10.8. The van der Waals surface area contributed by atoms with Crippen molar-refractivity contribution in [3.8, 4) is 0 Å². The summed E-state index contributed by atoms with van der Waals surface area (Å²) in [6.45, 7) is 15.9. The second-order valence-electron chi connectivity index (χ2n) is 2.27. The van der Waals surface area contributed by atoms with Crippen LogP contribution in [0.3, 0.4) is 0 Å². The molecule has 14 heavy (non-hydrogen) atoms. The minimum Gasteiger partial charge on any atom is -0.333 e. The number of hydrogen-bond donors (Lipinski definition) is 2. The summed E-state index contributed by atoms with van der Waals surface area (Å²) < 4.78 is 0. The molecule has 0 aliphatic heterocycles. The fourth-order valence-corrected chi connectivity index (χ4v) is 0.357. The summed E-state index contributed by atoms with van der Waals surface area (Å²) in [5.41, 5.74) is 6.52. The van der Waals surface area contributed by atoms with E-state index in [1.54, 1.807) is 0 Å². The molecule has 2 heteroatoms. The Balaban J connectivity index is -0.0000000708. The van der Waals surface area contributed by atoms with Crippen molar-refractivity contribution in [2.24, 2.45) is 5.73 Å². The second kappa shape index (κ2) is 29.6. The van der Waals surface area contributed by atoms with E-state index >= 15 is 0 Å². The molecule has 0 heterocycles. The Morgan fingerprint density at radius 2 is 1.43 bits per heavy atom. The maximum absolute atomic E-state index is 7.04. The third-order valence-corrected chi connectivity index (χ3v) is 0.816. The summed E-state index contributed by atoms with van der Waals surface area (Å²) in [4.78, 5) is 0.